The van der Waals surface area contributed by atoms with Crippen LogP contribution in [-0.4, -0.2) is 52.1 Å². The van der Waals surface area contributed by atoms with Crippen molar-refractivity contribution in [1.29, 1.82) is 0 Å². The Morgan fingerprint density at radius 3 is 2.58 bits per heavy atom. The van der Waals surface area contributed by atoms with Gasteiger partial charge in [-0.15, -0.1) is 5.10 Å². The summed E-state index contributed by atoms with van der Waals surface area (Å²) in [5.41, 5.74) is -0.000217. The maximum absolute atomic E-state index is 12.5. The van der Waals surface area contributed by atoms with Crippen LogP contribution in [0.5, 0.6) is 0 Å². The van der Waals surface area contributed by atoms with Crippen LogP contribution in [0.4, 0.5) is 11.5 Å². The molecule has 1 fully saturated rings. The zero-order valence-electron chi connectivity index (χ0n) is 12.6. The van der Waals surface area contributed by atoms with E-state index in [0.717, 1.165) is 5.82 Å². The molecular formula is C15H14ClN5O3. The molecule has 1 aromatic carbocycles. The Morgan fingerprint density at radius 2 is 1.96 bits per heavy atom. The molecule has 1 aliphatic rings. The third-order valence-electron chi connectivity index (χ3n) is 3.84. The Bertz CT molecular complexity index is 763. The van der Waals surface area contributed by atoms with Gasteiger partial charge in [0.2, 0.25) is 0 Å². The topological polar surface area (TPSA) is 92.5 Å². The van der Waals surface area contributed by atoms with Crippen LogP contribution in [0.15, 0.2) is 36.5 Å². The lowest BCUT2D eigenvalue weighted by atomic mass is 10.1. The summed E-state index contributed by atoms with van der Waals surface area (Å²) in [7, 11) is 0. The molecule has 8 nitrogen and oxygen atoms in total. The molecule has 0 saturated carbocycles. The lowest BCUT2D eigenvalue weighted by Crippen LogP contribution is -2.49. The monoisotopic (exact) mass is 347 g/mol. The molecule has 1 amide bonds. The van der Waals surface area contributed by atoms with Crippen LogP contribution in [0.3, 0.4) is 0 Å². The molecule has 3 rings (SSSR count). The average molecular weight is 348 g/mol. The van der Waals surface area contributed by atoms with Crippen molar-refractivity contribution in [3.05, 3.63) is 57.2 Å². The molecule has 2 heterocycles. The quantitative estimate of drug-likeness (QED) is 0.622. The van der Waals surface area contributed by atoms with Gasteiger partial charge in [0.15, 0.2) is 5.82 Å². The highest BCUT2D eigenvalue weighted by Crippen LogP contribution is 2.26. The van der Waals surface area contributed by atoms with Gasteiger partial charge in [0.1, 0.15) is 5.02 Å². The van der Waals surface area contributed by atoms with E-state index in [1.165, 1.54) is 18.2 Å². The molecule has 1 saturated heterocycles. The number of rotatable bonds is 3. The fraction of sp³-hybridized carbons (Fsp3) is 0.267. The summed E-state index contributed by atoms with van der Waals surface area (Å²) in [5, 5.41) is 18.9. The lowest BCUT2D eigenvalue weighted by molar-refractivity contribution is -0.384. The van der Waals surface area contributed by atoms with Crippen LogP contribution in [0.25, 0.3) is 0 Å². The first-order chi connectivity index (χ1) is 11.6. The van der Waals surface area contributed by atoms with Gasteiger partial charge in [-0.2, -0.15) is 5.10 Å². The van der Waals surface area contributed by atoms with Crippen molar-refractivity contribution in [3.8, 4) is 0 Å². The van der Waals surface area contributed by atoms with Gasteiger partial charge in [-0.3, -0.25) is 14.9 Å². The summed E-state index contributed by atoms with van der Waals surface area (Å²) in [4.78, 5) is 26.6. The number of benzene rings is 1. The first kappa shape index (κ1) is 16.1. The van der Waals surface area contributed by atoms with Gasteiger partial charge in [-0.05, 0) is 24.3 Å². The number of carbonyl (C=O) groups is 1. The number of anilines is 1. The van der Waals surface area contributed by atoms with E-state index >= 15 is 0 Å². The van der Waals surface area contributed by atoms with Gasteiger partial charge in [0.25, 0.3) is 11.6 Å². The number of hydrogen-bond donors (Lipinski definition) is 0. The van der Waals surface area contributed by atoms with Crippen molar-refractivity contribution in [1.82, 2.24) is 15.1 Å². The van der Waals surface area contributed by atoms with E-state index in [-0.39, 0.29) is 22.2 Å². The molecule has 1 aliphatic heterocycles. The van der Waals surface area contributed by atoms with E-state index in [0.29, 0.717) is 26.2 Å². The van der Waals surface area contributed by atoms with E-state index in [1.54, 1.807) is 11.1 Å². The summed E-state index contributed by atoms with van der Waals surface area (Å²) in [6, 6.07) is 7.79. The normalized spacial score (nSPS) is 14.5. The third-order valence-corrected chi connectivity index (χ3v) is 4.16. The van der Waals surface area contributed by atoms with Crippen LogP contribution in [0.2, 0.25) is 5.02 Å². The molecule has 0 aliphatic carbocycles. The van der Waals surface area contributed by atoms with Crippen molar-refractivity contribution >= 4 is 29.0 Å². The van der Waals surface area contributed by atoms with Crippen molar-refractivity contribution in [2.75, 3.05) is 31.1 Å². The van der Waals surface area contributed by atoms with Gasteiger partial charge in [-0.25, -0.2) is 0 Å². The van der Waals surface area contributed by atoms with E-state index < -0.39 is 4.92 Å². The molecule has 0 bridgehead atoms. The largest absolute Gasteiger partial charge is 0.352 e. The van der Waals surface area contributed by atoms with Crippen LogP contribution in [0, 0.1) is 10.1 Å². The molecule has 1 aromatic heterocycles. The number of hydrogen-bond acceptors (Lipinski definition) is 6. The molecule has 0 radical (unpaired) electrons. The second kappa shape index (κ2) is 6.79. The average Bonchev–Trinajstić information content (AvgIpc) is 2.62. The first-order valence-electron chi connectivity index (χ1n) is 7.32. The summed E-state index contributed by atoms with van der Waals surface area (Å²) in [5.74, 6) is 0.528. The second-order valence-corrected chi connectivity index (χ2v) is 5.69. The molecule has 0 atom stereocenters. The van der Waals surface area contributed by atoms with E-state index in [1.807, 2.05) is 17.0 Å². The molecular weight excluding hydrogens is 334 g/mol. The minimum atomic E-state index is -0.592. The Labute approximate surface area is 142 Å². The van der Waals surface area contributed by atoms with Crippen LogP contribution in [0.1, 0.15) is 10.4 Å². The van der Waals surface area contributed by atoms with Crippen molar-refractivity contribution in [3.63, 3.8) is 0 Å². The molecule has 2 aromatic rings. The molecule has 24 heavy (non-hydrogen) atoms. The number of amides is 1. The Morgan fingerprint density at radius 1 is 1.21 bits per heavy atom. The van der Waals surface area contributed by atoms with Gasteiger partial charge in [0, 0.05) is 44.0 Å². The third kappa shape index (κ3) is 3.28. The van der Waals surface area contributed by atoms with Gasteiger partial charge < -0.3 is 9.80 Å². The minimum Gasteiger partial charge on any atom is -0.352 e. The fourth-order valence-electron chi connectivity index (χ4n) is 2.57. The maximum Gasteiger partial charge on any atom is 0.288 e. The highest BCUT2D eigenvalue weighted by atomic mass is 35.5. The maximum atomic E-state index is 12.5. The summed E-state index contributed by atoms with van der Waals surface area (Å²) in [6.45, 7) is 2.26. The number of nitro groups is 1. The number of nitro benzene ring substituents is 1. The number of piperazine rings is 1. The minimum absolute atomic E-state index is 0.0176. The highest BCUT2D eigenvalue weighted by molar-refractivity contribution is 6.32. The predicted octanol–water partition coefficient (Wildman–Crippen LogP) is 2.00. The zero-order chi connectivity index (χ0) is 17.1. The van der Waals surface area contributed by atoms with Crippen molar-refractivity contribution in [2.45, 2.75) is 0 Å². The van der Waals surface area contributed by atoms with E-state index in [9.17, 15) is 14.9 Å². The molecule has 0 N–H and O–H groups in total. The molecule has 124 valence electrons. The van der Waals surface area contributed by atoms with Crippen LogP contribution < -0.4 is 4.90 Å². The Hall–Kier alpha value is -2.74. The smallest absolute Gasteiger partial charge is 0.288 e. The number of aromatic nitrogens is 2. The standard InChI is InChI=1S/C15H14ClN5O3/c16-12-4-3-11(10-13(12)21(23)24)15(22)20-8-6-19(7-9-20)14-2-1-5-17-18-14/h1-5,10H,6-9H2. The molecule has 0 spiro atoms. The van der Waals surface area contributed by atoms with Gasteiger partial charge in [0.05, 0.1) is 4.92 Å². The lowest BCUT2D eigenvalue weighted by Gasteiger charge is -2.35. The van der Waals surface area contributed by atoms with Gasteiger partial charge in [-0.1, -0.05) is 11.6 Å². The summed E-state index contributed by atoms with van der Waals surface area (Å²) in [6.07, 6.45) is 1.61. The predicted molar refractivity (Wildman–Crippen MR) is 88.3 cm³/mol. The van der Waals surface area contributed by atoms with Crippen molar-refractivity contribution < 1.29 is 9.72 Å². The summed E-state index contributed by atoms with van der Waals surface area (Å²) >= 11 is 5.78. The zero-order valence-corrected chi connectivity index (χ0v) is 13.4. The SMILES string of the molecule is O=C(c1ccc(Cl)c([N+](=O)[O-])c1)N1CCN(c2cccnn2)CC1. The van der Waals surface area contributed by atoms with Gasteiger partial charge >= 0.3 is 0 Å². The van der Waals surface area contributed by atoms with Crippen LogP contribution >= 0.6 is 11.6 Å². The molecule has 9 heteroatoms. The fourth-order valence-corrected chi connectivity index (χ4v) is 2.76. The Balaban J connectivity index is 1.69. The van der Waals surface area contributed by atoms with E-state index in [4.69, 9.17) is 11.6 Å². The second-order valence-electron chi connectivity index (χ2n) is 5.28. The van der Waals surface area contributed by atoms with E-state index in [2.05, 4.69) is 10.2 Å². The van der Waals surface area contributed by atoms with Crippen LogP contribution in [-0.2, 0) is 0 Å². The summed E-state index contributed by atoms with van der Waals surface area (Å²) < 4.78 is 0. The number of nitrogens with zero attached hydrogens (tertiary/aromatic N) is 5. The highest BCUT2D eigenvalue weighted by Gasteiger charge is 2.24. The van der Waals surface area contributed by atoms with Crippen molar-refractivity contribution in [2.24, 2.45) is 0 Å². The first-order valence-corrected chi connectivity index (χ1v) is 7.70. The number of halogens is 1. The Kier molecular flexibility index (Phi) is 4.57. The molecule has 0 unspecified atom stereocenters. The number of carbonyl (C=O) groups excluding carboxylic acids is 1.